The first kappa shape index (κ1) is 22.6. The minimum atomic E-state index is 0. The zero-order valence-electron chi connectivity index (χ0n) is 16.6. The van der Waals surface area contributed by atoms with Crippen molar-refractivity contribution in [2.45, 2.75) is 26.6 Å². The fourth-order valence-corrected chi connectivity index (χ4v) is 3.16. The Hall–Kier alpha value is -1.71. The van der Waals surface area contributed by atoms with Gasteiger partial charge in [-0.1, -0.05) is 30.3 Å². The number of nitrogens with zero attached hydrogens (tertiary/aromatic N) is 3. The van der Waals surface area contributed by atoms with E-state index in [1.165, 1.54) is 11.1 Å². The van der Waals surface area contributed by atoms with Gasteiger partial charge in [-0.15, -0.1) is 24.0 Å². The summed E-state index contributed by atoms with van der Waals surface area (Å²) in [5.74, 6) is 0.777. The molecule has 2 heterocycles. The molecule has 1 aliphatic heterocycles. The molecule has 28 heavy (non-hydrogen) atoms. The summed E-state index contributed by atoms with van der Waals surface area (Å²) in [5, 5.41) is 6.75. The van der Waals surface area contributed by atoms with E-state index in [4.69, 9.17) is 4.74 Å². The summed E-state index contributed by atoms with van der Waals surface area (Å²) in [7, 11) is 1.79. The molecule has 0 spiro atoms. The standard InChI is InChI=1S/C21H29N5O.HI/c1-17-6-5-9-20(25-17)15-24-21(22-2)23-14-18-7-3-4-8-19(18)16-26-10-12-27-13-11-26;/h3-9H,10-16H2,1-2H3,(H2,22,23,24);1H. The maximum absolute atomic E-state index is 5.45. The maximum Gasteiger partial charge on any atom is 0.191 e. The highest BCUT2D eigenvalue weighted by Crippen LogP contribution is 2.13. The van der Waals surface area contributed by atoms with E-state index in [-0.39, 0.29) is 24.0 Å². The monoisotopic (exact) mass is 495 g/mol. The minimum absolute atomic E-state index is 0. The van der Waals surface area contributed by atoms with Crippen LogP contribution < -0.4 is 10.6 Å². The molecule has 2 aromatic rings. The van der Waals surface area contributed by atoms with Crippen LogP contribution in [0.3, 0.4) is 0 Å². The molecule has 1 aromatic heterocycles. The Morgan fingerprint density at radius 3 is 2.46 bits per heavy atom. The van der Waals surface area contributed by atoms with Gasteiger partial charge in [0.25, 0.3) is 0 Å². The number of aromatic nitrogens is 1. The number of benzene rings is 1. The van der Waals surface area contributed by atoms with Gasteiger partial charge in [-0.2, -0.15) is 0 Å². The first-order valence-electron chi connectivity index (χ1n) is 9.48. The van der Waals surface area contributed by atoms with Crippen LogP contribution in [0.1, 0.15) is 22.5 Å². The summed E-state index contributed by atoms with van der Waals surface area (Å²) in [4.78, 5) is 11.3. The summed E-state index contributed by atoms with van der Waals surface area (Å²) in [6, 6.07) is 14.6. The molecule has 0 bridgehead atoms. The van der Waals surface area contributed by atoms with Crippen LogP contribution in [0.4, 0.5) is 0 Å². The van der Waals surface area contributed by atoms with E-state index >= 15 is 0 Å². The van der Waals surface area contributed by atoms with Crippen molar-refractivity contribution in [3.05, 3.63) is 65.0 Å². The minimum Gasteiger partial charge on any atom is -0.379 e. The van der Waals surface area contributed by atoms with Crippen LogP contribution >= 0.6 is 24.0 Å². The Balaban J connectivity index is 0.00000280. The van der Waals surface area contributed by atoms with Crippen LogP contribution in [0.15, 0.2) is 47.5 Å². The molecule has 0 saturated carbocycles. The average Bonchev–Trinajstić information content (AvgIpc) is 2.70. The van der Waals surface area contributed by atoms with Gasteiger partial charge in [-0.25, -0.2) is 0 Å². The number of hydrogen-bond acceptors (Lipinski definition) is 4. The Kier molecular flexibility index (Phi) is 9.66. The van der Waals surface area contributed by atoms with Gasteiger partial charge < -0.3 is 15.4 Å². The summed E-state index contributed by atoms with van der Waals surface area (Å²) >= 11 is 0. The molecular weight excluding hydrogens is 465 g/mol. The van der Waals surface area contributed by atoms with Crippen molar-refractivity contribution in [3.63, 3.8) is 0 Å². The Morgan fingerprint density at radius 2 is 1.75 bits per heavy atom. The van der Waals surface area contributed by atoms with Crippen molar-refractivity contribution >= 4 is 29.9 Å². The number of morpholine rings is 1. The van der Waals surface area contributed by atoms with Gasteiger partial charge in [0, 0.05) is 38.9 Å². The molecule has 0 amide bonds. The topological polar surface area (TPSA) is 61.8 Å². The largest absolute Gasteiger partial charge is 0.379 e. The van der Waals surface area contributed by atoms with E-state index in [0.29, 0.717) is 6.54 Å². The van der Waals surface area contributed by atoms with Gasteiger partial charge in [0.05, 0.1) is 25.5 Å². The number of nitrogens with one attached hydrogen (secondary N) is 2. The van der Waals surface area contributed by atoms with Gasteiger partial charge in [-0.3, -0.25) is 14.9 Å². The lowest BCUT2D eigenvalue weighted by atomic mass is 10.1. The van der Waals surface area contributed by atoms with Gasteiger partial charge in [0.1, 0.15) is 0 Å². The molecule has 1 saturated heterocycles. The van der Waals surface area contributed by atoms with Crippen molar-refractivity contribution < 1.29 is 4.74 Å². The first-order chi connectivity index (χ1) is 13.2. The Labute approximate surface area is 184 Å². The second kappa shape index (κ2) is 12.0. The highest BCUT2D eigenvalue weighted by molar-refractivity contribution is 14.0. The predicted octanol–water partition coefficient (Wildman–Crippen LogP) is 2.71. The number of halogens is 1. The summed E-state index contributed by atoms with van der Waals surface area (Å²) in [5.41, 5.74) is 4.67. The van der Waals surface area contributed by atoms with Crippen LogP contribution in [0.5, 0.6) is 0 Å². The van der Waals surface area contributed by atoms with Crippen molar-refractivity contribution in [2.75, 3.05) is 33.4 Å². The molecule has 152 valence electrons. The third-order valence-corrected chi connectivity index (χ3v) is 4.67. The zero-order chi connectivity index (χ0) is 18.9. The first-order valence-corrected chi connectivity index (χ1v) is 9.48. The third-order valence-electron chi connectivity index (χ3n) is 4.67. The van der Waals surface area contributed by atoms with Crippen LogP contribution in [0.2, 0.25) is 0 Å². The zero-order valence-corrected chi connectivity index (χ0v) is 19.0. The molecule has 0 atom stereocenters. The smallest absolute Gasteiger partial charge is 0.191 e. The van der Waals surface area contributed by atoms with Crippen LogP contribution in [0, 0.1) is 6.92 Å². The molecule has 7 heteroatoms. The van der Waals surface area contributed by atoms with E-state index < -0.39 is 0 Å². The number of aliphatic imine (C=N–C) groups is 1. The fraction of sp³-hybridized carbons (Fsp3) is 0.429. The van der Waals surface area contributed by atoms with Gasteiger partial charge >= 0.3 is 0 Å². The van der Waals surface area contributed by atoms with Crippen molar-refractivity contribution in [2.24, 2.45) is 4.99 Å². The summed E-state index contributed by atoms with van der Waals surface area (Å²) < 4.78 is 5.45. The van der Waals surface area contributed by atoms with Crippen LogP contribution in [0.25, 0.3) is 0 Å². The number of ether oxygens (including phenoxy) is 1. The average molecular weight is 495 g/mol. The second-order valence-corrected chi connectivity index (χ2v) is 6.71. The molecule has 1 aromatic carbocycles. The summed E-state index contributed by atoms with van der Waals surface area (Å²) in [6.45, 7) is 7.98. The van der Waals surface area contributed by atoms with E-state index in [1.807, 2.05) is 25.1 Å². The predicted molar refractivity (Wildman–Crippen MR) is 124 cm³/mol. The molecule has 6 nitrogen and oxygen atoms in total. The van der Waals surface area contributed by atoms with E-state index in [9.17, 15) is 0 Å². The van der Waals surface area contributed by atoms with Crippen LogP contribution in [-0.2, 0) is 24.4 Å². The lowest BCUT2D eigenvalue weighted by Crippen LogP contribution is -2.37. The highest BCUT2D eigenvalue weighted by atomic mass is 127. The molecule has 1 aliphatic rings. The number of rotatable bonds is 6. The quantitative estimate of drug-likeness (QED) is 0.367. The van der Waals surface area contributed by atoms with Gasteiger partial charge in [0.15, 0.2) is 5.96 Å². The van der Waals surface area contributed by atoms with Crippen molar-refractivity contribution in [3.8, 4) is 0 Å². The van der Waals surface area contributed by atoms with Crippen molar-refractivity contribution in [1.82, 2.24) is 20.5 Å². The number of aryl methyl sites for hydroxylation is 1. The molecule has 3 rings (SSSR count). The lowest BCUT2D eigenvalue weighted by Gasteiger charge is -2.27. The number of hydrogen-bond donors (Lipinski definition) is 2. The molecule has 0 unspecified atom stereocenters. The molecule has 0 aliphatic carbocycles. The van der Waals surface area contributed by atoms with E-state index in [0.717, 1.165) is 56.7 Å². The molecular formula is C21H30IN5O. The maximum atomic E-state index is 5.45. The summed E-state index contributed by atoms with van der Waals surface area (Å²) in [6.07, 6.45) is 0. The van der Waals surface area contributed by atoms with Crippen molar-refractivity contribution in [1.29, 1.82) is 0 Å². The molecule has 1 fully saturated rings. The Morgan fingerprint density at radius 1 is 1.04 bits per heavy atom. The van der Waals surface area contributed by atoms with Crippen LogP contribution in [-0.4, -0.2) is 49.2 Å². The second-order valence-electron chi connectivity index (χ2n) is 6.71. The number of pyridine rings is 1. The SMILES string of the molecule is CN=C(NCc1cccc(C)n1)NCc1ccccc1CN1CCOCC1.I. The molecule has 0 radical (unpaired) electrons. The fourth-order valence-electron chi connectivity index (χ4n) is 3.16. The van der Waals surface area contributed by atoms with Gasteiger partial charge in [0.2, 0.25) is 0 Å². The Bertz CT molecular complexity index is 762. The van der Waals surface area contributed by atoms with Gasteiger partial charge in [-0.05, 0) is 30.2 Å². The highest BCUT2D eigenvalue weighted by Gasteiger charge is 2.12. The normalized spacial score (nSPS) is 15.0. The lowest BCUT2D eigenvalue weighted by molar-refractivity contribution is 0.0341. The van der Waals surface area contributed by atoms with E-state index in [1.54, 1.807) is 7.05 Å². The molecule has 2 N–H and O–H groups in total. The van der Waals surface area contributed by atoms with E-state index in [2.05, 4.69) is 49.8 Å². The third kappa shape index (κ3) is 7.03. The number of guanidine groups is 1.